The smallest absolute Gasteiger partial charge is 0.307 e. The molecule has 0 bridgehead atoms. The summed E-state index contributed by atoms with van der Waals surface area (Å²) in [6, 6.07) is 0. The van der Waals surface area contributed by atoms with Crippen molar-refractivity contribution in [1.82, 2.24) is 0 Å². The van der Waals surface area contributed by atoms with Crippen molar-refractivity contribution in [1.29, 1.82) is 0 Å². The lowest BCUT2D eigenvalue weighted by Crippen LogP contribution is -2.55. The second-order valence-electron chi connectivity index (χ2n) is 6.76. The molecule has 0 saturated heterocycles. The number of carboxylic acid groups (broad SMARTS) is 1. The van der Waals surface area contributed by atoms with Crippen LogP contribution in [0.3, 0.4) is 0 Å². The van der Waals surface area contributed by atoms with E-state index in [1.165, 1.54) is 0 Å². The van der Waals surface area contributed by atoms with Crippen molar-refractivity contribution in [3.8, 4) is 0 Å². The maximum atomic E-state index is 11.4. The Labute approximate surface area is 103 Å². The highest BCUT2D eigenvalue weighted by Crippen LogP contribution is 2.59. The van der Waals surface area contributed by atoms with Gasteiger partial charge in [-0.1, -0.05) is 27.2 Å². The van der Waals surface area contributed by atoms with E-state index >= 15 is 0 Å². The average molecular weight is 240 g/mol. The van der Waals surface area contributed by atoms with E-state index in [-0.39, 0.29) is 22.9 Å². The van der Waals surface area contributed by atoms with E-state index in [1.807, 2.05) is 0 Å². The maximum Gasteiger partial charge on any atom is 0.307 e. The normalized spacial score (nSPS) is 45.1. The third-order valence-electron chi connectivity index (χ3n) is 5.59. The standard InChI is InChI=1S/C14H24O3/c1-13(2)10-6-4-5-9(12(16)17)14(10,3)8-7-11(13)15/h9-11,15H,4-8H2,1-3H3,(H,16,17)/t9-,10-,11-,14-/m1/s1. The van der Waals surface area contributed by atoms with E-state index < -0.39 is 5.97 Å². The van der Waals surface area contributed by atoms with E-state index in [4.69, 9.17) is 0 Å². The quantitative estimate of drug-likeness (QED) is 0.741. The number of aliphatic hydroxyl groups is 1. The summed E-state index contributed by atoms with van der Waals surface area (Å²) in [5.74, 6) is -0.550. The molecule has 0 aromatic heterocycles. The first-order valence-electron chi connectivity index (χ1n) is 6.71. The van der Waals surface area contributed by atoms with E-state index in [0.29, 0.717) is 5.92 Å². The third-order valence-corrected chi connectivity index (χ3v) is 5.59. The number of aliphatic hydroxyl groups excluding tert-OH is 1. The number of aliphatic carboxylic acids is 1. The average Bonchev–Trinajstić information content (AvgIpc) is 2.23. The SMILES string of the molecule is CC1(C)[C@H](O)CC[C@]2(C)[C@@H](C(=O)O)CCC[C@H]12. The molecule has 2 aliphatic rings. The molecule has 17 heavy (non-hydrogen) atoms. The number of rotatable bonds is 1. The van der Waals surface area contributed by atoms with Crippen LogP contribution in [0.15, 0.2) is 0 Å². The summed E-state index contributed by atoms with van der Waals surface area (Å²) in [5, 5.41) is 19.6. The predicted molar refractivity (Wildman–Crippen MR) is 65.6 cm³/mol. The van der Waals surface area contributed by atoms with Gasteiger partial charge in [0.1, 0.15) is 0 Å². The molecule has 0 spiro atoms. The van der Waals surface area contributed by atoms with Gasteiger partial charge in [0.2, 0.25) is 0 Å². The second-order valence-corrected chi connectivity index (χ2v) is 6.76. The Morgan fingerprint density at radius 3 is 2.41 bits per heavy atom. The Kier molecular flexibility index (Phi) is 3.01. The van der Waals surface area contributed by atoms with E-state index in [1.54, 1.807) is 0 Å². The van der Waals surface area contributed by atoms with Gasteiger partial charge in [-0.05, 0) is 42.4 Å². The lowest BCUT2D eigenvalue weighted by molar-refractivity contribution is -0.169. The molecule has 0 unspecified atom stereocenters. The summed E-state index contributed by atoms with van der Waals surface area (Å²) in [5.41, 5.74) is -0.284. The zero-order valence-corrected chi connectivity index (χ0v) is 11.1. The van der Waals surface area contributed by atoms with Gasteiger partial charge in [-0.2, -0.15) is 0 Å². The number of carboxylic acids is 1. The van der Waals surface area contributed by atoms with Crippen LogP contribution in [0.1, 0.15) is 52.9 Å². The highest BCUT2D eigenvalue weighted by molar-refractivity contribution is 5.71. The van der Waals surface area contributed by atoms with Crippen molar-refractivity contribution in [2.45, 2.75) is 59.0 Å². The van der Waals surface area contributed by atoms with Crippen LogP contribution in [0.4, 0.5) is 0 Å². The van der Waals surface area contributed by atoms with Crippen molar-refractivity contribution < 1.29 is 15.0 Å². The lowest BCUT2D eigenvalue weighted by atomic mass is 9.47. The number of hydrogen-bond donors (Lipinski definition) is 2. The molecule has 0 amide bonds. The van der Waals surface area contributed by atoms with Crippen LogP contribution < -0.4 is 0 Å². The molecule has 2 aliphatic carbocycles. The van der Waals surface area contributed by atoms with Crippen LogP contribution >= 0.6 is 0 Å². The Morgan fingerprint density at radius 2 is 1.82 bits per heavy atom. The molecule has 2 N–H and O–H groups in total. The van der Waals surface area contributed by atoms with Crippen molar-refractivity contribution >= 4 is 5.97 Å². The van der Waals surface area contributed by atoms with Crippen molar-refractivity contribution in [2.24, 2.45) is 22.7 Å². The Bertz CT molecular complexity index is 323. The minimum Gasteiger partial charge on any atom is -0.481 e. The number of carbonyl (C=O) groups is 1. The first-order valence-corrected chi connectivity index (χ1v) is 6.71. The summed E-state index contributed by atoms with van der Waals surface area (Å²) in [6.07, 6.45) is 4.14. The van der Waals surface area contributed by atoms with Gasteiger partial charge in [-0.3, -0.25) is 4.79 Å². The topological polar surface area (TPSA) is 57.5 Å². The van der Waals surface area contributed by atoms with E-state index in [0.717, 1.165) is 32.1 Å². The second kappa shape index (κ2) is 3.98. The Balaban J connectivity index is 2.36. The van der Waals surface area contributed by atoms with Crippen molar-refractivity contribution in [3.05, 3.63) is 0 Å². The molecule has 0 aliphatic heterocycles. The Hall–Kier alpha value is -0.570. The highest BCUT2D eigenvalue weighted by atomic mass is 16.4. The fraction of sp³-hybridized carbons (Fsp3) is 0.929. The minimum atomic E-state index is -0.649. The molecule has 98 valence electrons. The van der Waals surface area contributed by atoms with Crippen LogP contribution in [0, 0.1) is 22.7 Å². The summed E-state index contributed by atoms with van der Waals surface area (Å²) >= 11 is 0. The van der Waals surface area contributed by atoms with Gasteiger partial charge >= 0.3 is 5.97 Å². The van der Waals surface area contributed by atoms with E-state index in [2.05, 4.69) is 20.8 Å². The van der Waals surface area contributed by atoms with Gasteiger partial charge in [0.15, 0.2) is 0 Å². The van der Waals surface area contributed by atoms with Crippen LogP contribution in [-0.4, -0.2) is 22.3 Å². The summed E-state index contributed by atoms with van der Waals surface area (Å²) < 4.78 is 0. The van der Waals surface area contributed by atoms with E-state index in [9.17, 15) is 15.0 Å². The molecule has 0 heterocycles. The first-order chi connectivity index (χ1) is 7.80. The molecule has 0 aromatic carbocycles. The van der Waals surface area contributed by atoms with Crippen LogP contribution in [0.2, 0.25) is 0 Å². The molecule has 3 nitrogen and oxygen atoms in total. The van der Waals surface area contributed by atoms with Crippen LogP contribution in [0.25, 0.3) is 0 Å². The van der Waals surface area contributed by atoms with Gasteiger partial charge in [-0.15, -0.1) is 0 Å². The zero-order chi connectivity index (χ0) is 12.8. The molecule has 4 atom stereocenters. The molecule has 0 aromatic rings. The minimum absolute atomic E-state index is 0.132. The van der Waals surface area contributed by atoms with Crippen molar-refractivity contribution in [3.63, 3.8) is 0 Å². The molecule has 2 fully saturated rings. The van der Waals surface area contributed by atoms with Gasteiger partial charge < -0.3 is 10.2 Å². The molecular weight excluding hydrogens is 216 g/mol. The van der Waals surface area contributed by atoms with Crippen LogP contribution in [-0.2, 0) is 4.79 Å². The zero-order valence-electron chi connectivity index (χ0n) is 11.1. The highest BCUT2D eigenvalue weighted by Gasteiger charge is 2.56. The number of hydrogen-bond acceptors (Lipinski definition) is 2. The molecule has 3 heteroatoms. The largest absolute Gasteiger partial charge is 0.481 e. The van der Waals surface area contributed by atoms with Crippen molar-refractivity contribution in [2.75, 3.05) is 0 Å². The summed E-state index contributed by atoms with van der Waals surface area (Å²) in [4.78, 5) is 11.4. The fourth-order valence-corrected chi connectivity index (χ4v) is 4.46. The third kappa shape index (κ3) is 1.79. The van der Waals surface area contributed by atoms with Gasteiger partial charge in [0.25, 0.3) is 0 Å². The van der Waals surface area contributed by atoms with Crippen LogP contribution in [0.5, 0.6) is 0 Å². The number of fused-ring (bicyclic) bond motifs is 1. The molecule has 2 rings (SSSR count). The summed E-state index contributed by atoms with van der Waals surface area (Å²) in [6.45, 7) is 6.33. The van der Waals surface area contributed by atoms with Gasteiger partial charge in [-0.25, -0.2) is 0 Å². The molecule has 2 saturated carbocycles. The first kappa shape index (κ1) is 12.9. The van der Waals surface area contributed by atoms with Gasteiger partial charge in [0.05, 0.1) is 12.0 Å². The fourth-order valence-electron chi connectivity index (χ4n) is 4.46. The lowest BCUT2D eigenvalue weighted by Gasteiger charge is -2.57. The van der Waals surface area contributed by atoms with Gasteiger partial charge in [0, 0.05) is 0 Å². The molecular formula is C14H24O3. The monoisotopic (exact) mass is 240 g/mol. The molecule has 0 radical (unpaired) electrons. The summed E-state index contributed by atoms with van der Waals surface area (Å²) in [7, 11) is 0. The Morgan fingerprint density at radius 1 is 1.18 bits per heavy atom. The maximum absolute atomic E-state index is 11.4. The predicted octanol–water partition coefficient (Wildman–Crippen LogP) is 2.67.